The summed E-state index contributed by atoms with van der Waals surface area (Å²) >= 11 is 0. The second-order valence-corrected chi connectivity index (χ2v) is 8.54. The van der Waals surface area contributed by atoms with E-state index in [-0.39, 0.29) is 11.8 Å². The largest absolute Gasteiger partial charge is 0.480 e. The number of aliphatic hydroxyl groups is 1. The van der Waals surface area contributed by atoms with Gasteiger partial charge in [-0.1, -0.05) is 40.5 Å². The van der Waals surface area contributed by atoms with Crippen LogP contribution in [0.3, 0.4) is 0 Å². The van der Waals surface area contributed by atoms with Crippen LogP contribution in [0.15, 0.2) is 0 Å². The van der Waals surface area contributed by atoms with Gasteiger partial charge >= 0.3 is 5.97 Å². The molecule has 0 aromatic heterocycles. The molecule has 6 N–H and O–H groups in total. The normalized spacial score (nSPS) is 22.0. The number of carbonyl (C=O) groups is 4. The number of aliphatic hydroxyl groups excluding tert-OH is 1. The fraction of sp³-hybridized carbons (Fsp3) is 0.810. The molecule has 0 bridgehead atoms. The Kier molecular flexibility index (Phi) is 10.4. The zero-order valence-electron chi connectivity index (χ0n) is 19.1. The molecule has 3 amide bonds. The van der Waals surface area contributed by atoms with Crippen molar-refractivity contribution in [2.45, 2.75) is 90.6 Å². The van der Waals surface area contributed by atoms with Gasteiger partial charge in [0.1, 0.15) is 24.2 Å². The van der Waals surface area contributed by atoms with Crippen LogP contribution >= 0.6 is 0 Å². The Morgan fingerprint density at radius 2 is 1.52 bits per heavy atom. The van der Waals surface area contributed by atoms with E-state index in [4.69, 9.17) is 5.73 Å². The Bertz CT molecular complexity index is 656. The van der Waals surface area contributed by atoms with E-state index in [2.05, 4.69) is 10.6 Å². The first-order chi connectivity index (χ1) is 14.5. The lowest BCUT2D eigenvalue weighted by Crippen LogP contribution is -2.60. The molecule has 0 saturated carbocycles. The van der Waals surface area contributed by atoms with Gasteiger partial charge in [0, 0.05) is 6.54 Å². The zero-order chi connectivity index (χ0) is 23.9. The molecular formula is C21H38N4O6. The Balaban J connectivity index is 3.07. The third kappa shape index (κ3) is 6.90. The van der Waals surface area contributed by atoms with Gasteiger partial charge in [-0.3, -0.25) is 14.4 Å². The molecule has 0 aliphatic carbocycles. The molecule has 10 nitrogen and oxygen atoms in total. The first kappa shape index (κ1) is 26.8. The van der Waals surface area contributed by atoms with Crippen LogP contribution in [0.5, 0.6) is 0 Å². The Hall–Kier alpha value is -2.20. The molecule has 7 atom stereocenters. The van der Waals surface area contributed by atoms with Crippen LogP contribution < -0.4 is 16.4 Å². The number of carboxylic acid groups (broad SMARTS) is 1. The molecule has 1 aliphatic heterocycles. The van der Waals surface area contributed by atoms with E-state index in [1.54, 1.807) is 6.92 Å². The summed E-state index contributed by atoms with van der Waals surface area (Å²) in [5, 5.41) is 24.3. The molecule has 0 spiro atoms. The number of amides is 3. The monoisotopic (exact) mass is 442 g/mol. The zero-order valence-corrected chi connectivity index (χ0v) is 19.1. The number of rotatable bonds is 11. The molecular weight excluding hydrogens is 404 g/mol. The van der Waals surface area contributed by atoms with Gasteiger partial charge in [-0.05, 0) is 31.6 Å². The summed E-state index contributed by atoms with van der Waals surface area (Å²) in [7, 11) is 0. The number of hydrogen-bond acceptors (Lipinski definition) is 6. The minimum Gasteiger partial charge on any atom is -0.480 e. The van der Waals surface area contributed by atoms with Crippen molar-refractivity contribution in [3.05, 3.63) is 0 Å². The van der Waals surface area contributed by atoms with E-state index in [0.29, 0.717) is 32.2 Å². The van der Waals surface area contributed by atoms with Crippen molar-refractivity contribution in [2.75, 3.05) is 6.54 Å². The van der Waals surface area contributed by atoms with Crippen LogP contribution in [0.4, 0.5) is 0 Å². The van der Waals surface area contributed by atoms with E-state index >= 15 is 0 Å². The first-order valence-electron chi connectivity index (χ1n) is 11.0. The lowest BCUT2D eigenvalue weighted by Gasteiger charge is -2.32. The van der Waals surface area contributed by atoms with E-state index in [1.165, 1.54) is 11.8 Å². The number of carbonyl (C=O) groups excluding carboxylic acids is 3. The molecule has 1 fully saturated rings. The molecule has 1 saturated heterocycles. The van der Waals surface area contributed by atoms with Crippen molar-refractivity contribution in [2.24, 2.45) is 17.6 Å². The maximum Gasteiger partial charge on any atom is 0.326 e. The first-order valence-corrected chi connectivity index (χ1v) is 11.0. The van der Waals surface area contributed by atoms with Gasteiger partial charge in [0.2, 0.25) is 17.7 Å². The second-order valence-electron chi connectivity index (χ2n) is 8.54. The Labute approximate surface area is 183 Å². The lowest BCUT2D eigenvalue weighted by atomic mass is 9.94. The van der Waals surface area contributed by atoms with Crippen LogP contribution in [-0.4, -0.2) is 75.6 Å². The highest BCUT2D eigenvalue weighted by atomic mass is 16.4. The summed E-state index contributed by atoms with van der Waals surface area (Å²) < 4.78 is 0. The van der Waals surface area contributed by atoms with Crippen molar-refractivity contribution >= 4 is 23.7 Å². The Morgan fingerprint density at radius 1 is 1.00 bits per heavy atom. The topological polar surface area (TPSA) is 162 Å². The number of nitrogens with two attached hydrogens (primary N) is 1. The summed E-state index contributed by atoms with van der Waals surface area (Å²) in [4.78, 5) is 51.5. The fourth-order valence-electron chi connectivity index (χ4n) is 3.56. The highest BCUT2D eigenvalue weighted by molar-refractivity contribution is 5.94. The van der Waals surface area contributed by atoms with Crippen molar-refractivity contribution in [3.63, 3.8) is 0 Å². The average molecular weight is 443 g/mol. The van der Waals surface area contributed by atoms with Gasteiger partial charge in [0.15, 0.2) is 0 Å². The molecule has 1 rings (SSSR count). The van der Waals surface area contributed by atoms with E-state index in [9.17, 15) is 29.4 Å². The van der Waals surface area contributed by atoms with E-state index < -0.39 is 54.0 Å². The highest BCUT2D eigenvalue weighted by Crippen LogP contribution is 2.22. The van der Waals surface area contributed by atoms with Crippen LogP contribution in [0.1, 0.15) is 60.3 Å². The van der Waals surface area contributed by atoms with Gasteiger partial charge in [-0.15, -0.1) is 0 Å². The molecule has 178 valence electrons. The average Bonchev–Trinajstić information content (AvgIpc) is 3.23. The van der Waals surface area contributed by atoms with Crippen molar-refractivity contribution in [1.82, 2.24) is 15.5 Å². The van der Waals surface area contributed by atoms with Gasteiger partial charge in [-0.25, -0.2) is 4.79 Å². The number of nitrogens with zero attached hydrogens (tertiary/aromatic N) is 1. The smallest absolute Gasteiger partial charge is 0.326 e. The van der Waals surface area contributed by atoms with Gasteiger partial charge in [0.05, 0.1) is 6.10 Å². The number of nitrogens with one attached hydrogen (secondary N) is 2. The fourth-order valence-corrected chi connectivity index (χ4v) is 3.56. The quantitative estimate of drug-likeness (QED) is 0.297. The van der Waals surface area contributed by atoms with E-state index in [0.717, 1.165) is 0 Å². The summed E-state index contributed by atoms with van der Waals surface area (Å²) in [6.07, 6.45) is 1.06. The van der Waals surface area contributed by atoms with Gasteiger partial charge in [-0.2, -0.15) is 0 Å². The number of hydrogen-bond donors (Lipinski definition) is 5. The molecule has 0 radical (unpaired) electrons. The van der Waals surface area contributed by atoms with Gasteiger partial charge < -0.3 is 31.5 Å². The number of aliphatic carboxylic acids is 1. The predicted octanol–water partition coefficient (Wildman–Crippen LogP) is -0.168. The summed E-state index contributed by atoms with van der Waals surface area (Å²) in [6, 6.07) is -3.95. The number of likely N-dealkylation sites (tertiary alicyclic amines) is 1. The van der Waals surface area contributed by atoms with E-state index in [1.807, 2.05) is 20.8 Å². The molecule has 1 heterocycles. The second kappa shape index (κ2) is 12.0. The molecule has 1 aliphatic rings. The van der Waals surface area contributed by atoms with Gasteiger partial charge in [0.25, 0.3) is 0 Å². The molecule has 0 aromatic rings. The summed E-state index contributed by atoms with van der Waals surface area (Å²) in [5.74, 6) is -3.17. The van der Waals surface area contributed by atoms with Crippen LogP contribution in [0.2, 0.25) is 0 Å². The van der Waals surface area contributed by atoms with Crippen molar-refractivity contribution in [3.8, 4) is 0 Å². The van der Waals surface area contributed by atoms with Crippen molar-refractivity contribution in [1.29, 1.82) is 0 Å². The molecule has 10 heteroatoms. The highest BCUT2D eigenvalue weighted by Gasteiger charge is 2.40. The lowest BCUT2D eigenvalue weighted by molar-refractivity contribution is -0.150. The molecule has 31 heavy (non-hydrogen) atoms. The summed E-state index contributed by atoms with van der Waals surface area (Å²) in [5.41, 5.74) is 5.69. The molecule has 7 unspecified atom stereocenters. The van der Waals surface area contributed by atoms with Crippen LogP contribution in [-0.2, 0) is 19.2 Å². The third-order valence-electron chi connectivity index (χ3n) is 6.21. The maximum atomic E-state index is 13.2. The summed E-state index contributed by atoms with van der Waals surface area (Å²) in [6.45, 7) is 9.06. The Morgan fingerprint density at radius 3 is 2.00 bits per heavy atom. The minimum absolute atomic E-state index is 0.237. The maximum absolute atomic E-state index is 13.2. The molecule has 0 aromatic carbocycles. The minimum atomic E-state index is -1.19. The third-order valence-corrected chi connectivity index (χ3v) is 6.21. The van der Waals surface area contributed by atoms with Crippen LogP contribution in [0.25, 0.3) is 0 Å². The van der Waals surface area contributed by atoms with Crippen LogP contribution in [0, 0.1) is 11.8 Å². The predicted molar refractivity (Wildman–Crippen MR) is 115 cm³/mol. The standard InChI is InChI=1S/C21H38N4O6/c1-6-11(3)16(23-18(27)15(22)13(5)26)19(28)24-17(12(4)7-2)20(29)25-10-8-9-14(25)21(30)31/h11-17,26H,6-10,22H2,1-5H3,(H,23,27)(H,24,28)(H,30,31). The SMILES string of the molecule is CCC(C)C(NC(=O)C(N)C(C)O)C(=O)NC(C(=O)N1CCCC1C(=O)O)C(C)CC. The number of carboxylic acids is 1. The van der Waals surface area contributed by atoms with Crippen molar-refractivity contribution < 1.29 is 29.4 Å².